The molecule has 32 heavy (non-hydrogen) atoms. The Morgan fingerprint density at radius 2 is 1.78 bits per heavy atom. The lowest BCUT2D eigenvalue weighted by Gasteiger charge is -2.15. The smallest absolute Gasteiger partial charge is 0.418 e. The van der Waals surface area contributed by atoms with Gasteiger partial charge in [0.25, 0.3) is 0 Å². The molecule has 2 rings (SSSR count). The van der Waals surface area contributed by atoms with Crippen molar-refractivity contribution in [3.05, 3.63) is 53.6 Å². The molecule has 0 heterocycles. The summed E-state index contributed by atoms with van der Waals surface area (Å²) >= 11 is 0. The van der Waals surface area contributed by atoms with E-state index >= 15 is 0 Å². The summed E-state index contributed by atoms with van der Waals surface area (Å²) in [6.07, 6.45) is -2.16. The number of ether oxygens (including phenoxy) is 2. The molecule has 2 amide bonds. The molecule has 0 aliphatic carbocycles. The molecule has 2 aromatic carbocycles. The fraction of sp³-hybridized carbons (Fsp3) is 0.304. The predicted molar refractivity (Wildman–Crippen MR) is 117 cm³/mol. The van der Waals surface area contributed by atoms with Crippen LogP contribution in [0.25, 0.3) is 6.08 Å². The minimum absolute atomic E-state index is 0.0229. The normalized spacial score (nSPS) is 11.5. The molecule has 0 bridgehead atoms. The molecule has 6 nitrogen and oxygen atoms in total. The fourth-order valence-electron chi connectivity index (χ4n) is 2.68. The average Bonchev–Trinajstić information content (AvgIpc) is 2.70. The summed E-state index contributed by atoms with van der Waals surface area (Å²) in [6, 6.07) is 8.18. The Hall–Kier alpha value is -3.49. The number of nitrogens with one attached hydrogen (secondary N) is 2. The zero-order valence-corrected chi connectivity index (χ0v) is 18.2. The van der Waals surface area contributed by atoms with Crippen LogP contribution in [0, 0.1) is 5.92 Å². The van der Waals surface area contributed by atoms with Crippen LogP contribution in [-0.2, 0) is 15.8 Å². The molecule has 0 saturated heterocycles. The molecule has 0 saturated carbocycles. The van der Waals surface area contributed by atoms with Crippen molar-refractivity contribution in [2.24, 2.45) is 5.92 Å². The Morgan fingerprint density at radius 3 is 2.38 bits per heavy atom. The van der Waals surface area contributed by atoms with Crippen molar-refractivity contribution < 1.29 is 32.2 Å². The van der Waals surface area contributed by atoms with Gasteiger partial charge in [-0.3, -0.25) is 9.59 Å². The highest BCUT2D eigenvalue weighted by atomic mass is 19.4. The maximum Gasteiger partial charge on any atom is 0.418 e. The Labute approximate surface area is 184 Å². The lowest BCUT2D eigenvalue weighted by molar-refractivity contribution is -0.137. The molecule has 2 N–H and O–H groups in total. The third-order valence-electron chi connectivity index (χ3n) is 4.09. The van der Waals surface area contributed by atoms with E-state index in [1.54, 1.807) is 18.2 Å². The molecule has 172 valence electrons. The van der Waals surface area contributed by atoms with Gasteiger partial charge in [0.15, 0.2) is 11.5 Å². The highest BCUT2D eigenvalue weighted by Crippen LogP contribution is 2.36. The second-order valence-electron chi connectivity index (χ2n) is 7.38. The van der Waals surface area contributed by atoms with Crippen LogP contribution in [0.2, 0.25) is 0 Å². The van der Waals surface area contributed by atoms with Crippen molar-refractivity contribution >= 4 is 29.3 Å². The van der Waals surface area contributed by atoms with Crippen molar-refractivity contribution in [3.63, 3.8) is 0 Å². The maximum absolute atomic E-state index is 13.4. The lowest BCUT2D eigenvalue weighted by Crippen LogP contribution is -2.16. The second-order valence-corrected chi connectivity index (χ2v) is 7.38. The molecule has 0 radical (unpaired) electrons. The number of hydrogen-bond donors (Lipinski definition) is 2. The van der Waals surface area contributed by atoms with E-state index in [0.717, 1.165) is 18.2 Å². The number of hydrogen-bond acceptors (Lipinski definition) is 4. The number of rotatable bonds is 8. The van der Waals surface area contributed by atoms with E-state index in [9.17, 15) is 22.8 Å². The first-order valence-corrected chi connectivity index (χ1v) is 9.78. The van der Waals surface area contributed by atoms with Gasteiger partial charge < -0.3 is 20.1 Å². The van der Waals surface area contributed by atoms with E-state index in [-0.39, 0.29) is 5.69 Å². The van der Waals surface area contributed by atoms with E-state index < -0.39 is 29.2 Å². The summed E-state index contributed by atoms with van der Waals surface area (Å²) in [4.78, 5) is 23.3. The molecule has 0 fully saturated rings. The van der Waals surface area contributed by atoms with E-state index in [1.807, 2.05) is 13.8 Å². The van der Waals surface area contributed by atoms with E-state index in [1.165, 1.54) is 26.2 Å². The van der Waals surface area contributed by atoms with Crippen molar-refractivity contribution in [1.82, 2.24) is 0 Å². The van der Waals surface area contributed by atoms with Crippen molar-refractivity contribution in [3.8, 4) is 11.5 Å². The summed E-state index contributed by atoms with van der Waals surface area (Å²) in [7, 11) is 1.49. The van der Waals surface area contributed by atoms with Gasteiger partial charge >= 0.3 is 6.18 Å². The number of methoxy groups -OCH3 is 1. The molecular formula is C23H25F3N2O4. The summed E-state index contributed by atoms with van der Waals surface area (Å²) in [5.41, 5.74) is -0.911. The Morgan fingerprint density at radius 1 is 1.06 bits per heavy atom. The minimum atomic E-state index is -4.72. The molecule has 0 aromatic heterocycles. The van der Waals surface area contributed by atoms with Crippen molar-refractivity contribution in [1.29, 1.82) is 0 Å². The Balaban J connectivity index is 2.17. The number of carbonyl (C=O) groups excluding carboxylic acids is 2. The van der Waals surface area contributed by atoms with Gasteiger partial charge in [-0.15, -0.1) is 0 Å². The van der Waals surface area contributed by atoms with Gasteiger partial charge in [-0.25, -0.2) is 0 Å². The van der Waals surface area contributed by atoms with Gasteiger partial charge in [-0.2, -0.15) is 13.2 Å². The Kier molecular flexibility index (Phi) is 8.28. The van der Waals surface area contributed by atoms with Crippen LogP contribution >= 0.6 is 0 Å². The molecule has 0 aliphatic rings. The summed E-state index contributed by atoms with van der Waals surface area (Å²) in [6.45, 7) is 5.72. The largest absolute Gasteiger partial charge is 0.493 e. The zero-order chi connectivity index (χ0) is 23.9. The number of carbonyl (C=O) groups is 2. The fourth-order valence-corrected chi connectivity index (χ4v) is 2.68. The standard InChI is InChI=1S/C23H25F3N2O4/c1-14(2)13-32-20-9-5-16(11-21(20)31-4)6-10-22(30)28-19-8-7-17(27-15(3)29)12-18(19)23(24,25)26/h5-12,14H,13H2,1-4H3,(H,27,29)(H,28,30)/b10-6+. The Bertz CT molecular complexity index is 1000. The zero-order valence-electron chi connectivity index (χ0n) is 18.2. The summed E-state index contributed by atoms with van der Waals surface area (Å²) < 4.78 is 51.1. The third-order valence-corrected chi connectivity index (χ3v) is 4.09. The number of benzene rings is 2. The van der Waals surface area contributed by atoms with Crippen LogP contribution in [0.3, 0.4) is 0 Å². The topological polar surface area (TPSA) is 76.7 Å². The molecular weight excluding hydrogens is 425 g/mol. The first-order chi connectivity index (χ1) is 15.0. The lowest BCUT2D eigenvalue weighted by atomic mass is 10.1. The molecule has 0 aliphatic heterocycles. The number of anilines is 2. The molecule has 2 aromatic rings. The number of halogens is 3. The molecule has 0 spiro atoms. The summed E-state index contributed by atoms with van der Waals surface area (Å²) in [5.74, 6) is 0.102. The monoisotopic (exact) mass is 450 g/mol. The third kappa shape index (κ3) is 7.33. The minimum Gasteiger partial charge on any atom is -0.493 e. The van der Waals surface area contributed by atoms with Crippen LogP contribution in [0.5, 0.6) is 11.5 Å². The highest BCUT2D eigenvalue weighted by Gasteiger charge is 2.34. The maximum atomic E-state index is 13.4. The predicted octanol–water partition coefficient (Wildman–Crippen LogP) is 5.36. The number of amides is 2. The van der Waals surface area contributed by atoms with Crippen LogP contribution in [0.4, 0.5) is 24.5 Å². The van der Waals surface area contributed by atoms with Gasteiger partial charge in [-0.05, 0) is 47.9 Å². The molecule has 0 unspecified atom stereocenters. The second kappa shape index (κ2) is 10.7. The van der Waals surface area contributed by atoms with Crippen LogP contribution < -0.4 is 20.1 Å². The first kappa shape index (κ1) is 24.8. The van der Waals surface area contributed by atoms with E-state index in [4.69, 9.17) is 9.47 Å². The van der Waals surface area contributed by atoms with Gasteiger partial charge in [0, 0.05) is 18.7 Å². The molecule has 0 atom stereocenters. The van der Waals surface area contributed by atoms with Crippen molar-refractivity contribution in [2.45, 2.75) is 26.9 Å². The van der Waals surface area contributed by atoms with Gasteiger partial charge in [0.2, 0.25) is 11.8 Å². The van der Waals surface area contributed by atoms with Crippen LogP contribution in [-0.4, -0.2) is 25.5 Å². The van der Waals surface area contributed by atoms with Crippen LogP contribution in [0.1, 0.15) is 31.9 Å². The van der Waals surface area contributed by atoms with Gasteiger partial charge in [-0.1, -0.05) is 19.9 Å². The van der Waals surface area contributed by atoms with Crippen LogP contribution in [0.15, 0.2) is 42.5 Å². The summed E-state index contributed by atoms with van der Waals surface area (Å²) in [5, 5.41) is 4.51. The van der Waals surface area contributed by atoms with E-state index in [0.29, 0.717) is 29.6 Å². The molecule has 9 heteroatoms. The number of alkyl halides is 3. The quantitative estimate of drug-likeness (QED) is 0.531. The first-order valence-electron chi connectivity index (χ1n) is 9.78. The highest BCUT2D eigenvalue weighted by molar-refractivity contribution is 6.02. The van der Waals surface area contributed by atoms with Crippen molar-refractivity contribution in [2.75, 3.05) is 24.4 Å². The van der Waals surface area contributed by atoms with Gasteiger partial charge in [0.1, 0.15) is 0 Å². The average molecular weight is 450 g/mol. The van der Waals surface area contributed by atoms with E-state index in [2.05, 4.69) is 10.6 Å². The SMILES string of the molecule is COc1cc(/C=C/C(=O)Nc2ccc(NC(C)=O)cc2C(F)(F)F)ccc1OCC(C)C. The van der Waals surface area contributed by atoms with Gasteiger partial charge in [0.05, 0.1) is 25.0 Å².